The summed E-state index contributed by atoms with van der Waals surface area (Å²) in [5, 5.41) is 3.46. The number of rotatable bonds is 5. The molecule has 2 unspecified atom stereocenters. The summed E-state index contributed by atoms with van der Waals surface area (Å²) >= 11 is 2.00. The Morgan fingerprint density at radius 1 is 1.65 bits per heavy atom. The zero-order valence-corrected chi connectivity index (χ0v) is 11.9. The van der Waals surface area contributed by atoms with Gasteiger partial charge in [-0.15, -0.1) is 0 Å². The first-order valence-electron chi connectivity index (χ1n) is 6.48. The highest BCUT2D eigenvalue weighted by molar-refractivity contribution is 7.99. The second-order valence-electron chi connectivity index (χ2n) is 5.18. The van der Waals surface area contributed by atoms with Crippen molar-refractivity contribution in [2.45, 2.75) is 38.6 Å². The lowest BCUT2D eigenvalue weighted by Crippen LogP contribution is -2.29. The molecule has 0 amide bonds. The summed E-state index contributed by atoms with van der Waals surface area (Å²) < 4.78 is 2.37. The Labute approximate surface area is 108 Å². The molecule has 4 heteroatoms. The highest BCUT2D eigenvalue weighted by Crippen LogP contribution is 2.31. The molecule has 1 aromatic heterocycles. The zero-order valence-electron chi connectivity index (χ0n) is 11.1. The average molecular weight is 253 g/mol. The summed E-state index contributed by atoms with van der Waals surface area (Å²) in [5.74, 6) is 2.36. The van der Waals surface area contributed by atoms with E-state index in [2.05, 4.69) is 41.8 Å². The van der Waals surface area contributed by atoms with Crippen LogP contribution >= 0.6 is 11.8 Å². The second kappa shape index (κ2) is 5.44. The maximum Gasteiger partial charge on any atom is 0.0951 e. The minimum atomic E-state index is 0.266. The van der Waals surface area contributed by atoms with Crippen LogP contribution in [0, 0.1) is 0 Å². The van der Waals surface area contributed by atoms with Gasteiger partial charge in [0, 0.05) is 35.6 Å². The van der Waals surface area contributed by atoms with E-state index in [-0.39, 0.29) is 5.41 Å². The third-order valence-electron chi connectivity index (χ3n) is 3.69. The van der Waals surface area contributed by atoms with E-state index in [1.54, 1.807) is 0 Å². The topological polar surface area (TPSA) is 29.9 Å². The van der Waals surface area contributed by atoms with E-state index >= 15 is 0 Å². The molecule has 0 radical (unpaired) electrons. The summed E-state index contributed by atoms with van der Waals surface area (Å²) in [5.41, 5.74) is 1.66. The fourth-order valence-corrected chi connectivity index (χ4v) is 3.27. The van der Waals surface area contributed by atoms with E-state index in [1.807, 2.05) is 18.1 Å². The molecule has 2 heterocycles. The Kier molecular flexibility index (Phi) is 4.15. The van der Waals surface area contributed by atoms with Gasteiger partial charge < -0.3 is 9.88 Å². The van der Waals surface area contributed by atoms with E-state index in [0.29, 0.717) is 6.04 Å². The molecule has 1 fully saturated rings. The predicted octanol–water partition coefficient (Wildman–Crippen LogP) is 2.45. The Morgan fingerprint density at radius 2 is 2.47 bits per heavy atom. The van der Waals surface area contributed by atoms with Crippen LogP contribution in [0.25, 0.3) is 0 Å². The van der Waals surface area contributed by atoms with E-state index in [4.69, 9.17) is 0 Å². The highest BCUT2D eigenvalue weighted by atomic mass is 32.2. The molecule has 1 N–H and O–H groups in total. The molecule has 3 nitrogen and oxygen atoms in total. The number of hydrogen-bond acceptors (Lipinski definition) is 3. The normalized spacial score (nSPS) is 26.3. The Balaban J connectivity index is 2.16. The second-order valence-corrected chi connectivity index (χ2v) is 6.50. The van der Waals surface area contributed by atoms with E-state index < -0.39 is 0 Å². The lowest BCUT2D eigenvalue weighted by atomic mass is 9.86. The standard InChI is InChI=1S/C13H23N3S/c1-4-17-8-11(2)16-10-15-7-12(16)13(3)5-6-14-9-13/h7,10-11,14H,4-6,8-9H2,1-3H3. The molecule has 0 bridgehead atoms. The monoisotopic (exact) mass is 253 g/mol. The number of aromatic nitrogens is 2. The minimum absolute atomic E-state index is 0.266. The quantitative estimate of drug-likeness (QED) is 0.874. The number of nitrogens with zero attached hydrogens (tertiary/aromatic N) is 2. The van der Waals surface area contributed by atoms with Crippen molar-refractivity contribution in [3.8, 4) is 0 Å². The predicted molar refractivity (Wildman–Crippen MR) is 74.8 cm³/mol. The molecule has 1 aliphatic rings. The van der Waals surface area contributed by atoms with Crippen LogP contribution in [0.1, 0.15) is 38.9 Å². The summed E-state index contributed by atoms with van der Waals surface area (Å²) in [6, 6.07) is 0.537. The molecular weight excluding hydrogens is 230 g/mol. The van der Waals surface area contributed by atoms with Crippen LogP contribution in [0.3, 0.4) is 0 Å². The molecule has 17 heavy (non-hydrogen) atoms. The number of imidazole rings is 1. The van der Waals surface area contributed by atoms with E-state index in [9.17, 15) is 0 Å². The Morgan fingerprint density at radius 3 is 3.12 bits per heavy atom. The maximum atomic E-state index is 4.37. The first-order valence-corrected chi connectivity index (χ1v) is 7.63. The van der Waals surface area contributed by atoms with Crippen molar-refractivity contribution in [3.05, 3.63) is 18.2 Å². The zero-order chi connectivity index (χ0) is 12.3. The van der Waals surface area contributed by atoms with Crippen molar-refractivity contribution in [1.82, 2.24) is 14.9 Å². The highest BCUT2D eigenvalue weighted by Gasteiger charge is 2.33. The molecule has 1 aromatic rings. The van der Waals surface area contributed by atoms with Crippen molar-refractivity contribution in [2.75, 3.05) is 24.6 Å². The largest absolute Gasteiger partial charge is 0.330 e. The van der Waals surface area contributed by atoms with Crippen LogP contribution in [0.5, 0.6) is 0 Å². The molecule has 2 atom stereocenters. The minimum Gasteiger partial charge on any atom is -0.330 e. The SMILES string of the molecule is CCSCC(C)n1cncc1C1(C)CCNC1. The molecule has 1 aliphatic heterocycles. The summed E-state index contributed by atoms with van der Waals surface area (Å²) in [7, 11) is 0. The molecule has 0 saturated carbocycles. The molecule has 1 saturated heterocycles. The number of thioether (sulfide) groups is 1. The van der Waals surface area contributed by atoms with Gasteiger partial charge in [-0.25, -0.2) is 4.98 Å². The lowest BCUT2D eigenvalue weighted by molar-refractivity contribution is 0.453. The summed E-state index contributed by atoms with van der Waals surface area (Å²) in [4.78, 5) is 4.37. The molecule has 0 aliphatic carbocycles. The van der Waals surface area contributed by atoms with Crippen LogP contribution in [0.4, 0.5) is 0 Å². The van der Waals surface area contributed by atoms with Gasteiger partial charge in [0.1, 0.15) is 0 Å². The van der Waals surface area contributed by atoms with Crippen LogP contribution in [0.15, 0.2) is 12.5 Å². The van der Waals surface area contributed by atoms with Crippen molar-refractivity contribution in [1.29, 1.82) is 0 Å². The van der Waals surface area contributed by atoms with E-state index in [1.165, 1.54) is 23.6 Å². The van der Waals surface area contributed by atoms with Gasteiger partial charge in [0.05, 0.1) is 6.33 Å². The van der Waals surface area contributed by atoms with Gasteiger partial charge in [0.15, 0.2) is 0 Å². The smallest absolute Gasteiger partial charge is 0.0951 e. The van der Waals surface area contributed by atoms with Crippen LogP contribution in [-0.2, 0) is 5.41 Å². The summed E-state index contributed by atoms with van der Waals surface area (Å²) in [6.07, 6.45) is 5.27. The Bertz CT molecular complexity index is 355. The van der Waals surface area contributed by atoms with Gasteiger partial charge >= 0.3 is 0 Å². The first kappa shape index (κ1) is 13.0. The molecular formula is C13H23N3S. The van der Waals surface area contributed by atoms with Crippen molar-refractivity contribution in [2.24, 2.45) is 0 Å². The van der Waals surface area contributed by atoms with E-state index in [0.717, 1.165) is 13.1 Å². The van der Waals surface area contributed by atoms with Gasteiger partial charge in [0.2, 0.25) is 0 Å². The maximum absolute atomic E-state index is 4.37. The van der Waals surface area contributed by atoms with Crippen molar-refractivity contribution >= 4 is 11.8 Å². The third-order valence-corrected chi connectivity index (χ3v) is 4.82. The Hall–Kier alpha value is -0.480. The van der Waals surface area contributed by atoms with Gasteiger partial charge in [-0.3, -0.25) is 0 Å². The van der Waals surface area contributed by atoms with Gasteiger partial charge in [-0.1, -0.05) is 13.8 Å². The van der Waals surface area contributed by atoms with Crippen LogP contribution in [-0.4, -0.2) is 34.1 Å². The first-order chi connectivity index (χ1) is 8.17. The number of hydrogen-bond donors (Lipinski definition) is 1. The fraction of sp³-hybridized carbons (Fsp3) is 0.769. The molecule has 0 spiro atoms. The van der Waals surface area contributed by atoms with Crippen LogP contribution < -0.4 is 5.32 Å². The van der Waals surface area contributed by atoms with Gasteiger partial charge in [-0.2, -0.15) is 11.8 Å². The summed E-state index contributed by atoms with van der Waals surface area (Å²) in [6.45, 7) is 9.06. The lowest BCUT2D eigenvalue weighted by Gasteiger charge is -2.27. The average Bonchev–Trinajstić information content (AvgIpc) is 2.94. The number of nitrogens with one attached hydrogen (secondary N) is 1. The third kappa shape index (κ3) is 2.68. The van der Waals surface area contributed by atoms with Crippen molar-refractivity contribution in [3.63, 3.8) is 0 Å². The van der Waals surface area contributed by atoms with Gasteiger partial charge in [-0.05, 0) is 25.6 Å². The fourth-order valence-electron chi connectivity index (χ4n) is 2.53. The van der Waals surface area contributed by atoms with Crippen LogP contribution in [0.2, 0.25) is 0 Å². The molecule has 96 valence electrons. The molecule has 2 rings (SSSR count). The van der Waals surface area contributed by atoms with Crippen molar-refractivity contribution < 1.29 is 0 Å². The molecule has 0 aromatic carbocycles. The van der Waals surface area contributed by atoms with Gasteiger partial charge in [0.25, 0.3) is 0 Å².